The average Bonchev–Trinajstić information content (AvgIpc) is 3.59. The zero-order chi connectivity index (χ0) is 25.3. The molecule has 37 heavy (non-hydrogen) atoms. The predicted octanol–water partition coefficient (Wildman–Crippen LogP) is 9.08. The fourth-order valence-corrected chi connectivity index (χ4v) is 7.08. The third-order valence-electron chi connectivity index (χ3n) is 7.86. The van der Waals surface area contributed by atoms with E-state index < -0.39 is 0 Å². The second-order valence-corrected chi connectivity index (χ2v) is 12.0. The molecule has 6 aromatic rings. The van der Waals surface area contributed by atoms with Gasteiger partial charge in [-0.2, -0.15) is 4.57 Å². The maximum Gasteiger partial charge on any atom is 0.294 e. The Balaban J connectivity index is 1.46. The lowest BCUT2D eigenvalue weighted by atomic mass is 9.88. The summed E-state index contributed by atoms with van der Waals surface area (Å²) < 4.78 is 7.56. The summed E-state index contributed by atoms with van der Waals surface area (Å²) in [6.07, 6.45) is 4.51. The highest BCUT2D eigenvalue weighted by atomic mass is 32.1. The van der Waals surface area contributed by atoms with E-state index in [1.165, 1.54) is 65.1 Å². The molecule has 0 radical (unpaired) electrons. The molecule has 0 saturated carbocycles. The van der Waals surface area contributed by atoms with Gasteiger partial charge in [-0.05, 0) is 59.4 Å². The highest BCUT2D eigenvalue weighted by Crippen LogP contribution is 2.41. The third kappa shape index (κ3) is 3.48. The van der Waals surface area contributed by atoms with Gasteiger partial charge in [-0.3, -0.25) is 0 Å². The first-order valence-corrected chi connectivity index (χ1v) is 14.1. The van der Waals surface area contributed by atoms with Crippen LogP contribution in [-0.2, 0) is 6.54 Å². The van der Waals surface area contributed by atoms with E-state index in [1.807, 2.05) is 11.3 Å². The fraction of sp³-hybridized carbons (Fsp3) is 0.206. The van der Waals surface area contributed by atoms with E-state index in [-0.39, 0.29) is 0 Å². The number of nitrogens with zero attached hydrogens (tertiary/aromatic N) is 2. The van der Waals surface area contributed by atoms with Crippen LogP contribution in [0.5, 0.6) is 0 Å². The molecule has 4 aromatic carbocycles. The smallest absolute Gasteiger partial charge is 0.225 e. The number of hydrogen-bond donors (Lipinski definition) is 0. The predicted molar refractivity (Wildman–Crippen MR) is 157 cm³/mol. The minimum absolute atomic E-state index is 0.401. The Morgan fingerprint density at radius 1 is 0.730 bits per heavy atom. The number of hydrogen-bond acceptors (Lipinski definition) is 1. The first-order chi connectivity index (χ1) is 18.0. The van der Waals surface area contributed by atoms with Gasteiger partial charge in [0.2, 0.25) is 0 Å². The van der Waals surface area contributed by atoms with Gasteiger partial charge in [0.05, 0.1) is 5.56 Å². The van der Waals surface area contributed by atoms with Crippen LogP contribution < -0.4 is 4.57 Å². The first-order valence-electron chi connectivity index (χ1n) is 13.3. The third-order valence-corrected chi connectivity index (χ3v) is 9.01. The van der Waals surface area contributed by atoms with Crippen molar-refractivity contribution in [2.75, 3.05) is 0 Å². The number of benzene rings is 4. The molecule has 0 N–H and O–H groups in total. The highest BCUT2D eigenvalue weighted by Gasteiger charge is 2.32. The van der Waals surface area contributed by atoms with Crippen LogP contribution >= 0.6 is 11.3 Å². The SMILES string of the molecule is CC(C)c1cc(-c2ccc3sc4ccccc4c3c2)cc(C(C)C)c1-n1cc[n+]2c1-c1ccccc1C2. The lowest BCUT2D eigenvalue weighted by Crippen LogP contribution is -2.30. The summed E-state index contributed by atoms with van der Waals surface area (Å²) in [4.78, 5) is 0. The lowest BCUT2D eigenvalue weighted by molar-refractivity contribution is -0.671. The van der Waals surface area contributed by atoms with Crippen molar-refractivity contribution in [1.29, 1.82) is 0 Å². The largest absolute Gasteiger partial charge is 0.294 e. The van der Waals surface area contributed by atoms with Crippen molar-refractivity contribution in [3.05, 3.63) is 108 Å². The summed E-state index contributed by atoms with van der Waals surface area (Å²) >= 11 is 1.88. The van der Waals surface area contributed by atoms with Gasteiger partial charge in [0.1, 0.15) is 24.6 Å². The quantitative estimate of drug-likeness (QED) is 0.214. The number of aromatic nitrogens is 2. The normalized spacial score (nSPS) is 12.7. The van der Waals surface area contributed by atoms with Crippen molar-refractivity contribution in [2.45, 2.75) is 46.1 Å². The maximum atomic E-state index is 2.45. The number of fused-ring (bicyclic) bond motifs is 6. The van der Waals surface area contributed by atoms with Crippen LogP contribution in [0.15, 0.2) is 91.3 Å². The van der Waals surface area contributed by atoms with Crippen molar-refractivity contribution >= 4 is 31.5 Å². The molecule has 0 aliphatic carbocycles. The zero-order valence-electron chi connectivity index (χ0n) is 21.8. The molecule has 0 unspecified atom stereocenters. The molecular formula is C34H31N2S+. The Kier molecular flexibility index (Phi) is 5.12. The number of thiophene rings is 1. The van der Waals surface area contributed by atoms with Crippen molar-refractivity contribution in [3.8, 4) is 28.2 Å². The van der Waals surface area contributed by atoms with E-state index in [0.717, 1.165) is 6.54 Å². The van der Waals surface area contributed by atoms with E-state index in [0.29, 0.717) is 11.8 Å². The molecule has 3 heterocycles. The number of rotatable bonds is 4. The van der Waals surface area contributed by atoms with Crippen molar-refractivity contribution in [1.82, 2.24) is 4.57 Å². The second-order valence-electron chi connectivity index (χ2n) is 10.9. The maximum absolute atomic E-state index is 2.45. The lowest BCUT2D eigenvalue weighted by Gasteiger charge is -2.20. The van der Waals surface area contributed by atoms with Crippen LogP contribution in [0.25, 0.3) is 48.4 Å². The van der Waals surface area contributed by atoms with Gasteiger partial charge in [0.15, 0.2) is 0 Å². The van der Waals surface area contributed by atoms with Gasteiger partial charge in [-0.25, -0.2) is 4.57 Å². The van der Waals surface area contributed by atoms with Crippen molar-refractivity contribution < 1.29 is 4.57 Å². The molecule has 0 atom stereocenters. The monoisotopic (exact) mass is 499 g/mol. The summed E-state index contributed by atoms with van der Waals surface area (Å²) in [5.41, 5.74) is 9.50. The van der Waals surface area contributed by atoms with Gasteiger partial charge in [-0.15, -0.1) is 11.3 Å². The summed E-state index contributed by atoms with van der Waals surface area (Å²) in [6.45, 7) is 10.2. The van der Waals surface area contributed by atoms with Gasteiger partial charge in [0, 0.05) is 36.9 Å². The fourth-order valence-electron chi connectivity index (χ4n) is 5.99. The second kappa shape index (κ2) is 8.43. The van der Waals surface area contributed by atoms with E-state index in [1.54, 1.807) is 0 Å². The Labute approximate surface area is 222 Å². The standard InChI is InChI=1S/C34H31N2S/c1-21(2)28-18-25(23-13-14-32-30(17-23)27-11-7-8-12-31(27)37-32)19-29(22(3)4)33(28)36-16-15-35-20-24-9-5-6-10-26(24)34(35)36/h5-19,21-22H,20H2,1-4H3/q+1. The van der Waals surface area contributed by atoms with Crippen LogP contribution in [0, 0.1) is 0 Å². The Morgan fingerprint density at radius 2 is 1.43 bits per heavy atom. The van der Waals surface area contributed by atoms with E-state index in [9.17, 15) is 0 Å². The summed E-state index contributed by atoms with van der Waals surface area (Å²) in [6, 6.07) is 29.5. The van der Waals surface area contributed by atoms with E-state index in [4.69, 9.17) is 0 Å². The topological polar surface area (TPSA) is 8.81 Å². The van der Waals surface area contributed by atoms with Crippen molar-refractivity contribution in [2.24, 2.45) is 0 Å². The molecule has 2 aromatic heterocycles. The van der Waals surface area contributed by atoms with Crippen molar-refractivity contribution in [3.63, 3.8) is 0 Å². The summed E-state index contributed by atoms with van der Waals surface area (Å²) in [5, 5.41) is 2.71. The molecular weight excluding hydrogens is 468 g/mol. The molecule has 1 aliphatic rings. The Hall–Kier alpha value is -3.69. The molecule has 2 nitrogen and oxygen atoms in total. The van der Waals surface area contributed by atoms with Crippen LogP contribution in [-0.4, -0.2) is 4.57 Å². The minimum Gasteiger partial charge on any atom is -0.225 e. The van der Waals surface area contributed by atoms with E-state index in [2.05, 4.69) is 128 Å². The molecule has 0 amide bonds. The summed E-state index contributed by atoms with van der Waals surface area (Å²) in [7, 11) is 0. The molecule has 182 valence electrons. The van der Waals surface area contributed by atoms with E-state index >= 15 is 0 Å². The molecule has 0 spiro atoms. The van der Waals surface area contributed by atoms with Gasteiger partial charge < -0.3 is 0 Å². The molecule has 0 fully saturated rings. The van der Waals surface area contributed by atoms with Gasteiger partial charge >= 0.3 is 0 Å². The van der Waals surface area contributed by atoms with Gasteiger partial charge in [0.25, 0.3) is 5.82 Å². The average molecular weight is 500 g/mol. The van der Waals surface area contributed by atoms with Crippen LogP contribution in [0.3, 0.4) is 0 Å². The van der Waals surface area contributed by atoms with Crippen LogP contribution in [0.2, 0.25) is 0 Å². The molecule has 1 aliphatic heterocycles. The zero-order valence-corrected chi connectivity index (χ0v) is 22.6. The molecule has 0 saturated heterocycles. The van der Waals surface area contributed by atoms with Crippen LogP contribution in [0.4, 0.5) is 0 Å². The first kappa shape index (κ1) is 22.5. The minimum atomic E-state index is 0.401. The number of imidazole rings is 1. The Morgan fingerprint density at radius 3 is 2.22 bits per heavy atom. The van der Waals surface area contributed by atoms with Crippen LogP contribution in [0.1, 0.15) is 56.2 Å². The highest BCUT2D eigenvalue weighted by molar-refractivity contribution is 7.25. The molecule has 3 heteroatoms. The molecule has 0 bridgehead atoms. The summed E-state index contributed by atoms with van der Waals surface area (Å²) in [5.74, 6) is 2.09. The Bertz CT molecular complexity index is 1790. The van der Waals surface area contributed by atoms with Gasteiger partial charge in [-0.1, -0.05) is 70.2 Å². The molecule has 7 rings (SSSR count).